The second-order valence-corrected chi connectivity index (χ2v) is 8.35. The maximum atomic E-state index is 13.4. The number of ether oxygens (including phenoxy) is 1. The van der Waals surface area contributed by atoms with E-state index in [1.807, 2.05) is 29.8 Å². The van der Waals surface area contributed by atoms with Crippen molar-refractivity contribution >= 4 is 44.2 Å². The summed E-state index contributed by atoms with van der Waals surface area (Å²) < 4.78 is 8.18. The first kappa shape index (κ1) is 20.4. The number of thiazole rings is 1. The van der Waals surface area contributed by atoms with Gasteiger partial charge in [0.2, 0.25) is 0 Å². The fourth-order valence-corrected chi connectivity index (χ4v) is 4.71. The standard InChI is InChI=1S/C22H21ClN4O2S/c1-15-12-17(23)13-19-20(15)25-22(30-19)27(10-3-9-26-11-8-24-14-26)21(28)16-4-6-18(29-2)7-5-16/h4-8,11-14H,3,9-10H2,1-2H3. The Balaban J connectivity index is 1.65. The van der Waals surface area contributed by atoms with Crippen LogP contribution in [0.1, 0.15) is 22.3 Å². The van der Waals surface area contributed by atoms with E-state index in [2.05, 4.69) is 4.98 Å². The smallest absolute Gasteiger partial charge is 0.260 e. The van der Waals surface area contributed by atoms with Gasteiger partial charge in [0.05, 0.1) is 23.7 Å². The highest BCUT2D eigenvalue weighted by Gasteiger charge is 2.22. The summed E-state index contributed by atoms with van der Waals surface area (Å²) in [6.45, 7) is 3.28. The number of carbonyl (C=O) groups excluding carboxylic acids is 1. The molecule has 154 valence electrons. The monoisotopic (exact) mass is 440 g/mol. The number of aryl methyl sites for hydroxylation is 2. The zero-order chi connectivity index (χ0) is 21.1. The van der Waals surface area contributed by atoms with Crippen LogP contribution in [0.2, 0.25) is 5.02 Å². The Bertz CT molecular complexity index is 1160. The highest BCUT2D eigenvalue weighted by molar-refractivity contribution is 7.22. The van der Waals surface area contributed by atoms with Crippen molar-refractivity contribution < 1.29 is 9.53 Å². The number of hydrogen-bond donors (Lipinski definition) is 0. The number of benzene rings is 2. The minimum atomic E-state index is -0.0916. The van der Waals surface area contributed by atoms with E-state index in [0.29, 0.717) is 28.0 Å². The lowest BCUT2D eigenvalue weighted by atomic mass is 10.2. The molecule has 6 nitrogen and oxygen atoms in total. The van der Waals surface area contributed by atoms with Crippen LogP contribution in [0.4, 0.5) is 5.13 Å². The number of fused-ring (bicyclic) bond motifs is 1. The average molecular weight is 441 g/mol. The fourth-order valence-electron chi connectivity index (χ4n) is 3.26. The molecule has 0 fully saturated rings. The van der Waals surface area contributed by atoms with Gasteiger partial charge in [0.1, 0.15) is 5.75 Å². The van der Waals surface area contributed by atoms with Crippen LogP contribution in [0.3, 0.4) is 0 Å². The summed E-state index contributed by atoms with van der Waals surface area (Å²) in [5.74, 6) is 0.620. The van der Waals surface area contributed by atoms with Gasteiger partial charge >= 0.3 is 0 Å². The van der Waals surface area contributed by atoms with Crippen LogP contribution in [-0.2, 0) is 6.54 Å². The second-order valence-electron chi connectivity index (χ2n) is 6.91. The lowest BCUT2D eigenvalue weighted by molar-refractivity contribution is 0.0986. The van der Waals surface area contributed by atoms with Crippen molar-refractivity contribution in [2.45, 2.75) is 19.9 Å². The quantitative estimate of drug-likeness (QED) is 0.396. The minimum Gasteiger partial charge on any atom is -0.497 e. The molecule has 2 heterocycles. The van der Waals surface area contributed by atoms with Crippen molar-refractivity contribution in [2.75, 3.05) is 18.6 Å². The zero-order valence-electron chi connectivity index (χ0n) is 16.7. The summed E-state index contributed by atoms with van der Waals surface area (Å²) >= 11 is 7.70. The maximum Gasteiger partial charge on any atom is 0.260 e. The van der Waals surface area contributed by atoms with E-state index in [1.54, 1.807) is 48.8 Å². The lowest BCUT2D eigenvalue weighted by Crippen LogP contribution is -2.32. The Morgan fingerprint density at radius 2 is 2.07 bits per heavy atom. The number of halogens is 1. The van der Waals surface area contributed by atoms with Crippen LogP contribution in [0.5, 0.6) is 5.75 Å². The molecule has 0 radical (unpaired) electrons. The third-order valence-corrected chi connectivity index (χ3v) is 6.05. The molecule has 1 amide bonds. The largest absolute Gasteiger partial charge is 0.497 e. The summed E-state index contributed by atoms with van der Waals surface area (Å²) in [4.78, 5) is 24.0. The molecular formula is C22H21ClN4O2S. The molecule has 8 heteroatoms. The van der Waals surface area contributed by atoms with Crippen molar-refractivity contribution in [2.24, 2.45) is 0 Å². The molecule has 0 unspecified atom stereocenters. The first-order valence-electron chi connectivity index (χ1n) is 9.53. The molecule has 4 aromatic rings. The van der Waals surface area contributed by atoms with Crippen molar-refractivity contribution in [3.63, 3.8) is 0 Å². The highest BCUT2D eigenvalue weighted by Crippen LogP contribution is 2.33. The van der Waals surface area contributed by atoms with Gasteiger partial charge in [0, 0.05) is 36.1 Å². The Hall–Kier alpha value is -2.90. The molecule has 0 saturated heterocycles. The number of amides is 1. The average Bonchev–Trinajstić information content (AvgIpc) is 3.41. The number of methoxy groups -OCH3 is 1. The predicted molar refractivity (Wildman–Crippen MR) is 121 cm³/mol. The van der Waals surface area contributed by atoms with Gasteiger partial charge in [-0.2, -0.15) is 0 Å². The molecule has 2 aromatic heterocycles. The number of hydrogen-bond acceptors (Lipinski definition) is 5. The Morgan fingerprint density at radius 3 is 2.77 bits per heavy atom. The Kier molecular flexibility index (Phi) is 6.01. The molecule has 30 heavy (non-hydrogen) atoms. The molecule has 0 atom stereocenters. The van der Waals surface area contributed by atoms with Gasteiger partial charge in [-0.05, 0) is 55.3 Å². The van der Waals surface area contributed by atoms with E-state index >= 15 is 0 Å². The van der Waals surface area contributed by atoms with Gasteiger partial charge in [-0.3, -0.25) is 9.69 Å². The minimum absolute atomic E-state index is 0.0916. The lowest BCUT2D eigenvalue weighted by Gasteiger charge is -2.20. The molecule has 0 spiro atoms. The molecule has 0 N–H and O–H groups in total. The van der Waals surface area contributed by atoms with Crippen LogP contribution in [0.15, 0.2) is 55.1 Å². The number of anilines is 1. The van der Waals surface area contributed by atoms with E-state index in [-0.39, 0.29) is 5.91 Å². The van der Waals surface area contributed by atoms with Gasteiger partial charge in [-0.1, -0.05) is 22.9 Å². The molecule has 4 rings (SSSR count). The van der Waals surface area contributed by atoms with Crippen LogP contribution in [0, 0.1) is 6.92 Å². The Morgan fingerprint density at radius 1 is 1.27 bits per heavy atom. The molecule has 0 aliphatic heterocycles. The molecule has 0 saturated carbocycles. The molecular weight excluding hydrogens is 420 g/mol. The van der Waals surface area contributed by atoms with Crippen LogP contribution < -0.4 is 9.64 Å². The van der Waals surface area contributed by atoms with Crippen molar-refractivity contribution in [3.8, 4) is 5.75 Å². The summed E-state index contributed by atoms with van der Waals surface area (Å²) in [7, 11) is 1.60. The summed E-state index contributed by atoms with van der Waals surface area (Å²) in [5.41, 5.74) is 2.46. The predicted octanol–water partition coefficient (Wildman–Crippen LogP) is 5.20. The van der Waals surface area contributed by atoms with E-state index in [0.717, 1.165) is 28.7 Å². The SMILES string of the molecule is COc1ccc(C(=O)N(CCCn2ccnc2)c2nc3c(C)cc(Cl)cc3s2)cc1. The van der Waals surface area contributed by atoms with Crippen LogP contribution >= 0.6 is 22.9 Å². The van der Waals surface area contributed by atoms with E-state index < -0.39 is 0 Å². The van der Waals surface area contributed by atoms with Crippen molar-refractivity contribution in [1.82, 2.24) is 14.5 Å². The fraction of sp³-hybridized carbons (Fsp3) is 0.227. The van der Waals surface area contributed by atoms with Gasteiger partial charge in [-0.15, -0.1) is 0 Å². The number of nitrogens with zero attached hydrogens (tertiary/aromatic N) is 4. The van der Waals surface area contributed by atoms with Crippen molar-refractivity contribution in [3.05, 3.63) is 71.3 Å². The number of carbonyl (C=O) groups is 1. The number of rotatable bonds is 7. The highest BCUT2D eigenvalue weighted by atomic mass is 35.5. The first-order chi connectivity index (χ1) is 14.5. The summed E-state index contributed by atoms with van der Waals surface area (Å²) in [5, 5.41) is 1.34. The third kappa shape index (κ3) is 4.32. The Labute approximate surface area is 183 Å². The van der Waals surface area contributed by atoms with Crippen LogP contribution in [0.25, 0.3) is 10.2 Å². The first-order valence-corrected chi connectivity index (χ1v) is 10.7. The second kappa shape index (κ2) is 8.85. The van der Waals surface area contributed by atoms with E-state index in [4.69, 9.17) is 21.3 Å². The van der Waals surface area contributed by atoms with Gasteiger partial charge in [0.25, 0.3) is 5.91 Å². The zero-order valence-corrected chi connectivity index (χ0v) is 18.3. The van der Waals surface area contributed by atoms with Crippen LogP contribution in [-0.4, -0.2) is 34.1 Å². The van der Waals surface area contributed by atoms with Gasteiger partial charge in [-0.25, -0.2) is 9.97 Å². The third-order valence-electron chi connectivity index (χ3n) is 4.81. The van der Waals surface area contributed by atoms with Gasteiger partial charge < -0.3 is 9.30 Å². The molecule has 0 aliphatic rings. The number of imidazole rings is 1. The van der Waals surface area contributed by atoms with Crippen molar-refractivity contribution in [1.29, 1.82) is 0 Å². The molecule has 0 bridgehead atoms. The molecule has 0 aliphatic carbocycles. The van der Waals surface area contributed by atoms with Gasteiger partial charge in [0.15, 0.2) is 5.13 Å². The summed E-state index contributed by atoms with van der Waals surface area (Å²) in [6, 6.07) is 10.9. The van der Waals surface area contributed by atoms with E-state index in [1.165, 1.54) is 11.3 Å². The maximum absolute atomic E-state index is 13.4. The molecule has 2 aromatic carbocycles. The topological polar surface area (TPSA) is 60.2 Å². The number of aromatic nitrogens is 3. The van der Waals surface area contributed by atoms with E-state index in [9.17, 15) is 4.79 Å². The normalized spacial score (nSPS) is 11.0. The summed E-state index contributed by atoms with van der Waals surface area (Å²) in [6.07, 6.45) is 6.21.